The van der Waals surface area contributed by atoms with Crippen molar-refractivity contribution >= 4 is 0 Å². The zero-order valence-corrected chi connectivity index (χ0v) is 11.1. The summed E-state index contributed by atoms with van der Waals surface area (Å²) in [5.41, 5.74) is 0. The van der Waals surface area contributed by atoms with Crippen LogP contribution in [0.3, 0.4) is 0 Å². The lowest BCUT2D eigenvalue weighted by atomic mass is 9.75. The lowest BCUT2D eigenvalue weighted by Crippen LogP contribution is -2.35. The van der Waals surface area contributed by atoms with Crippen LogP contribution in [0.15, 0.2) is 0 Å². The van der Waals surface area contributed by atoms with Gasteiger partial charge >= 0.3 is 0 Å². The third-order valence-corrected chi connectivity index (χ3v) is 5.62. The van der Waals surface area contributed by atoms with Crippen LogP contribution >= 0.6 is 0 Å². The first kappa shape index (κ1) is 12.0. The SMILES string of the molecule is CCCCC1C(CC)CC2C3OC(CC3O)C12. The number of rotatable bonds is 4. The molecule has 2 heterocycles. The van der Waals surface area contributed by atoms with Crippen molar-refractivity contribution in [1.82, 2.24) is 0 Å². The Balaban J connectivity index is 1.75. The van der Waals surface area contributed by atoms with E-state index in [-0.39, 0.29) is 12.2 Å². The van der Waals surface area contributed by atoms with Gasteiger partial charge in [-0.25, -0.2) is 0 Å². The van der Waals surface area contributed by atoms with Crippen LogP contribution in [0, 0.1) is 23.7 Å². The molecule has 0 radical (unpaired) electrons. The molecule has 1 N–H and O–H groups in total. The first-order valence-electron chi connectivity index (χ1n) is 7.59. The molecule has 3 fully saturated rings. The Morgan fingerprint density at radius 1 is 1.24 bits per heavy atom. The average molecular weight is 238 g/mol. The van der Waals surface area contributed by atoms with Gasteiger partial charge in [-0.3, -0.25) is 0 Å². The van der Waals surface area contributed by atoms with Crippen molar-refractivity contribution in [3.63, 3.8) is 0 Å². The molecule has 17 heavy (non-hydrogen) atoms. The molecule has 0 aromatic heterocycles. The Morgan fingerprint density at radius 3 is 2.76 bits per heavy atom. The summed E-state index contributed by atoms with van der Waals surface area (Å²) in [6.07, 6.45) is 8.01. The third-order valence-electron chi connectivity index (χ3n) is 5.62. The van der Waals surface area contributed by atoms with Crippen LogP contribution in [0.4, 0.5) is 0 Å². The molecule has 2 heteroatoms. The lowest BCUT2D eigenvalue weighted by molar-refractivity contribution is 0.0266. The molecule has 3 aliphatic rings. The van der Waals surface area contributed by atoms with E-state index in [1.165, 1.54) is 32.1 Å². The van der Waals surface area contributed by atoms with E-state index in [4.69, 9.17) is 4.74 Å². The molecule has 2 bridgehead atoms. The minimum atomic E-state index is -0.163. The van der Waals surface area contributed by atoms with Crippen LogP contribution in [-0.2, 0) is 4.74 Å². The van der Waals surface area contributed by atoms with Gasteiger partial charge in [0.05, 0.1) is 18.3 Å². The molecule has 0 amide bonds. The molecule has 3 rings (SSSR count). The molecule has 2 saturated heterocycles. The number of ether oxygens (including phenoxy) is 1. The summed E-state index contributed by atoms with van der Waals surface area (Å²) in [5.74, 6) is 3.23. The highest BCUT2D eigenvalue weighted by atomic mass is 16.5. The van der Waals surface area contributed by atoms with Crippen LogP contribution < -0.4 is 0 Å². The van der Waals surface area contributed by atoms with E-state index >= 15 is 0 Å². The van der Waals surface area contributed by atoms with Crippen LogP contribution in [0.25, 0.3) is 0 Å². The number of fused-ring (bicyclic) bond motifs is 5. The molecule has 2 aliphatic heterocycles. The molecule has 0 aromatic carbocycles. The largest absolute Gasteiger partial charge is 0.390 e. The summed E-state index contributed by atoms with van der Waals surface area (Å²) >= 11 is 0. The highest BCUT2D eigenvalue weighted by Gasteiger charge is 2.60. The standard InChI is InChI=1S/C15H26O2/c1-3-5-6-10-9(4-2)7-11-14(10)13-8-12(16)15(11)17-13/h9-16H,3-8H2,1-2H3. The van der Waals surface area contributed by atoms with Gasteiger partial charge < -0.3 is 9.84 Å². The molecule has 1 aliphatic carbocycles. The van der Waals surface area contributed by atoms with Crippen LogP contribution in [-0.4, -0.2) is 23.4 Å². The minimum Gasteiger partial charge on any atom is -0.390 e. The Kier molecular flexibility index (Phi) is 3.20. The molecule has 2 nitrogen and oxygen atoms in total. The molecule has 1 saturated carbocycles. The quantitative estimate of drug-likeness (QED) is 0.816. The second-order valence-corrected chi connectivity index (χ2v) is 6.39. The van der Waals surface area contributed by atoms with Crippen molar-refractivity contribution < 1.29 is 9.84 Å². The smallest absolute Gasteiger partial charge is 0.0870 e. The monoisotopic (exact) mass is 238 g/mol. The first-order chi connectivity index (χ1) is 8.26. The van der Waals surface area contributed by atoms with Gasteiger partial charge in [0.15, 0.2) is 0 Å². The lowest BCUT2D eigenvalue weighted by Gasteiger charge is -2.29. The fraction of sp³-hybridized carbons (Fsp3) is 1.00. The molecular formula is C15H26O2. The maximum Gasteiger partial charge on any atom is 0.0870 e. The van der Waals surface area contributed by atoms with E-state index in [0.717, 1.165) is 24.2 Å². The van der Waals surface area contributed by atoms with Crippen LogP contribution in [0.5, 0.6) is 0 Å². The minimum absolute atomic E-state index is 0.163. The number of aliphatic hydroxyl groups excluding tert-OH is 1. The van der Waals surface area contributed by atoms with Gasteiger partial charge in [-0.1, -0.05) is 33.1 Å². The van der Waals surface area contributed by atoms with E-state index in [2.05, 4.69) is 13.8 Å². The van der Waals surface area contributed by atoms with E-state index in [9.17, 15) is 5.11 Å². The van der Waals surface area contributed by atoms with Gasteiger partial charge in [0.1, 0.15) is 0 Å². The Morgan fingerprint density at radius 2 is 2.06 bits per heavy atom. The summed E-state index contributed by atoms with van der Waals surface area (Å²) in [7, 11) is 0. The summed E-state index contributed by atoms with van der Waals surface area (Å²) in [6, 6.07) is 0. The Labute approximate surface area is 105 Å². The predicted molar refractivity (Wildman–Crippen MR) is 67.7 cm³/mol. The second-order valence-electron chi connectivity index (χ2n) is 6.39. The van der Waals surface area contributed by atoms with E-state index in [1.54, 1.807) is 0 Å². The molecular weight excluding hydrogens is 212 g/mol. The molecule has 0 aromatic rings. The van der Waals surface area contributed by atoms with Crippen molar-refractivity contribution in [2.24, 2.45) is 23.7 Å². The molecule has 7 unspecified atom stereocenters. The third kappa shape index (κ3) is 1.76. The van der Waals surface area contributed by atoms with Gasteiger partial charge in [-0.05, 0) is 36.5 Å². The number of unbranched alkanes of at least 4 members (excludes halogenated alkanes) is 1. The van der Waals surface area contributed by atoms with Gasteiger partial charge in [0.2, 0.25) is 0 Å². The number of hydrogen-bond acceptors (Lipinski definition) is 2. The highest BCUT2D eigenvalue weighted by molar-refractivity contribution is 5.08. The molecule has 0 spiro atoms. The van der Waals surface area contributed by atoms with Crippen molar-refractivity contribution in [3.05, 3.63) is 0 Å². The number of hydrogen-bond donors (Lipinski definition) is 1. The summed E-state index contributed by atoms with van der Waals surface area (Å²) in [6.45, 7) is 4.62. The normalized spacial score (nSPS) is 52.1. The Hall–Kier alpha value is -0.0800. The van der Waals surface area contributed by atoms with Crippen molar-refractivity contribution in [2.75, 3.05) is 0 Å². The average Bonchev–Trinajstić information content (AvgIpc) is 2.94. The first-order valence-corrected chi connectivity index (χ1v) is 7.59. The van der Waals surface area contributed by atoms with Gasteiger partial charge in [-0.15, -0.1) is 0 Å². The fourth-order valence-electron chi connectivity index (χ4n) is 4.91. The number of aliphatic hydroxyl groups is 1. The summed E-state index contributed by atoms with van der Waals surface area (Å²) in [5, 5.41) is 9.96. The van der Waals surface area contributed by atoms with Crippen molar-refractivity contribution in [1.29, 1.82) is 0 Å². The topological polar surface area (TPSA) is 29.5 Å². The van der Waals surface area contributed by atoms with Crippen LogP contribution in [0.1, 0.15) is 52.4 Å². The van der Waals surface area contributed by atoms with Gasteiger partial charge in [0, 0.05) is 6.42 Å². The second kappa shape index (κ2) is 4.55. The van der Waals surface area contributed by atoms with Crippen LogP contribution in [0.2, 0.25) is 0 Å². The summed E-state index contributed by atoms with van der Waals surface area (Å²) < 4.78 is 6.00. The van der Waals surface area contributed by atoms with Crippen molar-refractivity contribution in [3.8, 4) is 0 Å². The highest BCUT2D eigenvalue weighted by Crippen LogP contribution is 2.58. The van der Waals surface area contributed by atoms with Crippen molar-refractivity contribution in [2.45, 2.75) is 70.7 Å². The fourth-order valence-corrected chi connectivity index (χ4v) is 4.91. The Bertz CT molecular complexity index is 278. The zero-order chi connectivity index (χ0) is 12.0. The zero-order valence-electron chi connectivity index (χ0n) is 11.1. The molecule has 7 atom stereocenters. The van der Waals surface area contributed by atoms with E-state index in [1.807, 2.05) is 0 Å². The predicted octanol–water partition coefficient (Wildman–Crippen LogP) is 2.99. The van der Waals surface area contributed by atoms with E-state index < -0.39 is 0 Å². The maximum absolute atomic E-state index is 9.96. The maximum atomic E-state index is 9.96. The molecule has 98 valence electrons. The van der Waals surface area contributed by atoms with E-state index in [0.29, 0.717) is 12.0 Å². The summed E-state index contributed by atoms with van der Waals surface area (Å²) in [4.78, 5) is 0. The van der Waals surface area contributed by atoms with Gasteiger partial charge in [-0.2, -0.15) is 0 Å². The van der Waals surface area contributed by atoms with Gasteiger partial charge in [0.25, 0.3) is 0 Å².